The third-order valence-electron chi connectivity index (χ3n) is 5.57. The van der Waals surface area contributed by atoms with Gasteiger partial charge in [0.2, 0.25) is 5.91 Å². The zero-order valence-corrected chi connectivity index (χ0v) is 16.8. The number of benzene rings is 2. The number of methoxy groups -OCH3 is 1. The van der Waals surface area contributed by atoms with E-state index in [9.17, 15) is 9.59 Å². The Bertz CT molecular complexity index is 852. The summed E-state index contributed by atoms with van der Waals surface area (Å²) < 4.78 is 5.20. The van der Waals surface area contributed by atoms with Crippen molar-refractivity contribution < 1.29 is 14.3 Å². The molecule has 2 aromatic carbocycles. The molecule has 4 rings (SSSR count). The molecule has 6 nitrogen and oxygen atoms in total. The van der Waals surface area contributed by atoms with Crippen LogP contribution in [0.25, 0.3) is 0 Å². The zero-order valence-electron chi connectivity index (χ0n) is 16.8. The first-order valence-electron chi connectivity index (χ1n) is 10.2. The molecule has 0 aromatic heterocycles. The third-order valence-corrected chi connectivity index (χ3v) is 5.57. The first-order valence-corrected chi connectivity index (χ1v) is 10.2. The molecular weight excluding hydrogens is 366 g/mol. The summed E-state index contributed by atoms with van der Waals surface area (Å²) >= 11 is 0. The number of hydrogen-bond acceptors (Lipinski definition) is 4. The van der Waals surface area contributed by atoms with Crippen molar-refractivity contribution in [1.82, 2.24) is 9.80 Å². The quantitative estimate of drug-likeness (QED) is 0.820. The maximum atomic E-state index is 12.8. The van der Waals surface area contributed by atoms with Crippen LogP contribution in [0.15, 0.2) is 48.5 Å². The molecule has 1 N–H and O–H groups in total. The van der Waals surface area contributed by atoms with Crippen molar-refractivity contribution in [2.24, 2.45) is 5.92 Å². The van der Waals surface area contributed by atoms with E-state index in [-0.39, 0.29) is 17.7 Å². The van der Waals surface area contributed by atoms with E-state index in [1.54, 1.807) is 19.2 Å². The van der Waals surface area contributed by atoms with Gasteiger partial charge in [0.1, 0.15) is 5.75 Å². The van der Waals surface area contributed by atoms with Crippen molar-refractivity contribution in [2.75, 3.05) is 38.6 Å². The van der Waals surface area contributed by atoms with Crippen molar-refractivity contribution >= 4 is 17.5 Å². The van der Waals surface area contributed by atoms with Gasteiger partial charge in [0.15, 0.2) is 0 Å². The average molecular weight is 393 g/mol. The second-order valence-corrected chi connectivity index (χ2v) is 7.76. The number of rotatable bonds is 6. The molecular formula is C23H27N3O3. The van der Waals surface area contributed by atoms with Gasteiger partial charge < -0.3 is 15.0 Å². The van der Waals surface area contributed by atoms with Crippen molar-refractivity contribution in [1.29, 1.82) is 0 Å². The Morgan fingerprint density at radius 3 is 2.21 bits per heavy atom. The number of carbonyl (C=O) groups excluding carboxylic acids is 2. The van der Waals surface area contributed by atoms with Gasteiger partial charge in [-0.3, -0.25) is 14.5 Å². The Morgan fingerprint density at radius 2 is 1.62 bits per heavy atom. The summed E-state index contributed by atoms with van der Waals surface area (Å²) in [5.74, 6) is 1.17. The molecule has 1 aliphatic carbocycles. The molecule has 1 saturated carbocycles. The fourth-order valence-electron chi connectivity index (χ4n) is 3.57. The van der Waals surface area contributed by atoms with Crippen molar-refractivity contribution in [3.63, 3.8) is 0 Å². The van der Waals surface area contributed by atoms with Crippen molar-refractivity contribution in [2.45, 2.75) is 19.4 Å². The SMILES string of the molecule is COc1ccc(CN2CCN(C(=O)c3ccc(NC(=O)C4CC4)cc3)CC2)cc1. The minimum Gasteiger partial charge on any atom is -0.497 e. The van der Waals surface area contributed by atoms with Gasteiger partial charge >= 0.3 is 0 Å². The Kier molecular flexibility index (Phi) is 5.81. The Morgan fingerprint density at radius 1 is 0.966 bits per heavy atom. The normalized spacial score (nSPS) is 17.1. The van der Waals surface area contributed by atoms with Gasteiger partial charge in [0, 0.05) is 49.9 Å². The van der Waals surface area contributed by atoms with Gasteiger partial charge in [0.25, 0.3) is 5.91 Å². The molecule has 1 aliphatic heterocycles. The van der Waals surface area contributed by atoms with Crippen LogP contribution in [0, 0.1) is 5.92 Å². The summed E-state index contributed by atoms with van der Waals surface area (Å²) in [7, 11) is 1.67. The van der Waals surface area contributed by atoms with E-state index >= 15 is 0 Å². The van der Waals surface area contributed by atoms with Crippen molar-refractivity contribution in [3.05, 3.63) is 59.7 Å². The van der Waals surface area contributed by atoms with Gasteiger partial charge in [-0.15, -0.1) is 0 Å². The summed E-state index contributed by atoms with van der Waals surface area (Å²) in [4.78, 5) is 28.9. The number of piperazine rings is 1. The number of amides is 2. The smallest absolute Gasteiger partial charge is 0.253 e. The lowest BCUT2D eigenvalue weighted by Crippen LogP contribution is -2.48. The number of hydrogen-bond donors (Lipinski definition) is 1. The molecule has 2 amide bonds. The number of nitrogens with one attached hydrogen (secondary N) is 1. The summed E-state index contributed by atoms with van der Waals surface area (Å²) in [5.41, 5.74) is 2.66. The van der Waals surface area contributed by atoms with E-state index in [2.05, 4.69) is 22.3 Å². The van der Waals surface area contributed by atoms with Crippen LogP contribution in [0.4, 0.5) is 5.69 Å². The summed E-state index contributed by atoms with van der Waals surface area (Å²) in [6.45, 7) is 4.02. The lowest BCUT2D eigenvalue weighted by atomic mass is 10.1. The van der Waals surface area contributed by atoms with Crippen LogP contribution in [-0.2, 0) is 11.3 Å². The van der Waals surface area contributed by atoms with E-state index in [0.29, 0.717) is 5.56 Å². The van der Waals surface area contributed by atoms with Crippen LogP contribution < -0.4 is 10.1 Å². The van der Waals surface area contributed by atoms with Crippen molar-refractivity contribution in [3.8, 4) is 5.75 Å². The minimum absolute atomic E-state index is 0.0502. The fraction of sp³-hybridized carbons (Fsp3) is 0.391. The van der Waals surface area contributed by atoms with E-state index in [1.165, 1.54) is 5.56 Å². The second kappa shape index (κ2) is 8.66. The van der Waals surface area contributed by atoms with Gasteiger partial charge in [-0.2, -0.15) is 0 Å². The number of anilines is 1. The van der Waals surface area contributed by atoms with Gasteiger partial charge in [0.05, 0.1) is 7.11 Å². The van der Waals surface area contributed by atoms with Crippen LogP contribution in [0.1, 0.15) is 28.8 Å². The molecule has 6 heteroatoms. The Balaban J connectivity index is 1.27. The number of carbonyl (C=O) groups is 2. The largest absolute Gasteiger partial charge is 0.497 e. The summed E-state index contributed by atoms with van der Waals surface area (Å²) in [6, 6.07) is 15.3. The van der Waals surface area contributed by atoms with Gasteiger partial charge in [-0.25, -0.2) is 0 Å². The molecule has 0 spiro atoms. The number of nitrogens with zero attached hydrogens (tertiary/aromatic N) is 2. The maximum Gasteiger partial charge on any atom is 0.253 e. The predicted octanol–water partition coefficient (Wildman–Crippen LogP) is 3.00. The van der Waals surface area contributed by atoms with E-state index in [0.717, 1.165) is 57.0 Å². The molecule has 2 fully saturated rings. The van der Waals surface area contributed by atoms with E-state index in [1.807, 2.05) is 29.2 Å². The molecule has 2 aromatic rings. The highest BCUT2D eigenvalue weighted by molar-refractivity contribution is 5.96. The fourth-order valence-corrected chi connectivity index (χ4v) is 3.57. The minimum atomic E-state index is 0.0502. The number of ether oxygens (including phenoxy) is 1. The van der Waals surface area contributed by atoms with E-state index in [4.69, 9.17) is 4.74 Å². The molecule has 0 radical (unpaired) electrons. The first-order chi connectivity index (χ1) is 14.1. The van der Waals surface area contributed by atoms with Crippen LogP contribution in [-0.4, -0.2) is 54.9 Å². The third kappa shape index (κ3) is 4.95. The van der Waals surface area contributed by atoms with Gasteiger partial charge in [-0.05, 0) is 54.8 Å². The predicted molar refractivity (Wildman–Crippen MR) is 112 cm³/mol. The maximum absolute atomic E-state index is 12.8. The Labute approximate surface area is 171 Å². The lowest BCUT2D eigenvalue weighted by Gasteiger charge is -2.34. The lowest BCUT2D eigenvalue weighted by molar-refractivity contribution is -0.117. The first kappa shape index (κ1) is 19.5. The van der Waals surface area contributed by atoms with Crippen LogP contribution in [0.5, 0.6) is 5.75 Å². The monoisotopic (exact) mass is 393 g/mol. The second-order valence-electron chi connectivity index (χ2n) is 7.76. The molecule has 1 saturated heterocycles. The summed E-state index contributed by atoms with van der Waals surface area (Å²) in [6.07, 6.45) is 1.96. The van der Waals surface area contributed by atoms with Crippen LogP contribution >= 0.6 is 0 Å². The Hall–Kier alpha value is -2.86. The molecule has 0 unspecified atom stereocenters. The zero-order chi connectivity index (χ0) is 20.2. The van der Waals surface area contributed by atoms with Crippen LogP contribution in [0.3, 0.4) is 0 Å². The molecule has 2 aliphatic rings. The molecule has 0 bridgehead atoms. The van der Waals surface area contributed by atoms with Crippen LogP contribution in [0.2, 0.25) is 0 Å². The highest BCUT2D eigenvalue weighted by atomic mass is 16.5. The van der Waals surface area contributed by atoms with Gasteiger partial charge in [-0.1, -0.05) is 12.1 Å². The standard InChI is InChI=1S/C23H27N3O3/c1-29-21-10-2-17(3-11-21)16-25-12-14-26(15-13-25)23(28)19-6-8-20(9-7-19)24-22(27)18-4-5-18/h2-3,6-11,18H,4-5,12-16H2,1H3,(H,24,27). The molecule has 152 valence electrons. The average Bonchev–Trinajstić information content (AvgIpc) is 3.60. The molecule has 0 atom stereocenters. The summed E-state index contributed by atoms with van der Waals surface area (Å²) in [5, 5.41) is 2.91. The van der Waals surface area contributed by atoms with E-state index < -0.39 is 0 Å². The highest BCUT2D eigenvalue weighted by Gasteiger charge is 2.29. The molecule has 29 heavy (non-hydrogen) atoms. The highest BCUT2D eigenvalue weighted by Crippen LogP contribution is 2.30. The molecule has 1 heterocycles. The topological polar surface area (TPSA) is 61.9 Å².